The van der Waals surface area contributed by atoms with Crippen LogP contribution in [0.3, 0.4) is 0 Å². The van der Waals surface area contributed by atoms with E-state index < -0.39 is 23.5 Å². The molecule has 3 N–H and O–H groups in total. The predicted octanol–water partition coefficient (Wildman–Crippen LogP) is 4.46. The van der Waals surface area contributed by atoms with E-state index in [9.17, 15) is 18.4 Å². The summed E-state index contributed by atoms with van der Waals surface area (Å²) >= 11 is 0. The third-order valence-corrected chi connectivity index (χ3v) is 4.02. The fourth-order valence-electron chi connectivity index (χ4n) is 2.61. The van der Waals surface area contributed by atoms with Gasteiger partial charge >= 0.3 is 5.97 Å². The molecule has 148 valence electrons. The fraction of sp³-hybridized carbons (Fsp3) is 0.238. The van der Waals surface area contributed by atoms with Crippen LogP contribution in [0.2, 0.25) is 0 Å². The normalized spacial score (nSPS) is 11.2. The fourth-order valence-corrected chi connectivity index (χ4v) is 2.61. The van der Waals surface area contributed by atoms with E-state index in [1.54, 1.807) is 25.1 Å². The first kappa shape index (κ1) is 21.1. The van der Waals surface area contributed by atoms with Gasteiger partial charge in [0.15, 0.2) is 0 Å². The average molecular weight is 388 g/mol. The third kappa shape index (κ3) is 5.90. The molecule has 2 aromatic rings. The van der Waals surface area contributed by atoms with E-state index in [0.717, 1.165) is 24.6 Å². The Morgan fingerprint density at radius 2 is 1.86 bits per heavy atom. The van der Waals surface area contributed by atoms with Crippen LogP contribution in [0.5, 0.6) is 0 Å². The summed E-state index contributed by atoms with van der Waals surface area (Å²) in [5.74, 6) is -3.03. The van der Waals surface area contributed by atoms with Gasteiger partial charge in [0.25, 0.3) is 0 Å². The zero-order valence-electron chi connectivity index (χ0n) is 15.7. The molecule has 0 unspecified atom stereocenters. The molecule has 0 saturated heterocycles. The van der Waals surface area contributed by atoms with Crippen LogP contribution >= 0.6 is 0 Å². The van der Waals surface area contributed by atoms with E-state index in [1.165, 1.54) is 6.07 Å². The first-order valence-corrected chi connectivity index (χ1v) is 8.83. The Morgan fingerprint density at radius 1 is 1.11 bits per heavy atom. The van der Waals surface area contributed by atoms with Crippen LogP contribution in [0, 0.1) is 11.6 Å². The molecule has 0 atom stereocenters. The molecule has 2 aromatic carbocycles. The molecular weight excluding hydrogens is 366 g/mol. The number of aliphatic carboxylic acids is 1. The molecule has 0 aromatic heterocycles. The quantitative estimate of drug-likeness (QED) is 0.584. The van der Waals surface area contributed by atoms with Crippen LogP contribution in [0.15, 0.2) is 42.5 Å². The summed E-state index contributed by atoms with van der Waals surface area (Å²) in [6, 6.07) is 8.22. The highest BCUT2D eigenvalue weighted by atomic mass is 19.1. The number of carboxylic acids is 1. The molecule has 1 amide bonds. The van der Waals surface area contributed by atoms with Crippen LogP contribution in [-0.2, 0) is 16.0 Å². The SMILES string of the molecule is CCCNc1ccc(/C(C)=C/C(=O)O)cc1NC(=O)Cc1ccc(F)cc1F. The van der Waals surface area contributed by atoms with Crippen molar-refractivity contribution in [3.63, 3.8) is 0 Å². The molecule has 0 spiro atoms. The van der Waals surface area contributed by atoms with Gasteiger partial charge < -0.3 is 15.7 Å². The number of hydrogen-bond acceptors (Lipinski definition) is 3. The lowest BCUT2D eigenvalue weighted by Crippen LogP contribution is -2.17. The maximum absolute atomic E-state index is 13.8. The van der Waals surface area contributed by atoms with Crippen LogP contribution in [0.1, 0.15) is 31.4 Å². The van der Waals surface area contributed by atoms with E-state index in [4.69, 9.17) is 5.11 Å². The summed E-state index contributed by atoms with van der Waals surface area (Å²) in [5, 5.41) is 14.8. The monoisotopic (exact) mass is 388 g/mol. The zero-order valence-corrected chi connectivity index (χ0v) is 15.7. The van der Waals surface area contributed by atoms with E-state index in [2.05, 4.69) is 10.6 Å². The molecule has 0 saturated carbocycles. The second-order valence-corrected chi connectivity index (χ2v) is 6.31. The minimum absolute atomic E-state index is 0.0834. The Hall–Kier alpha value is -3.22. The molecule has 0 aliphatic carbocycles. The standard InChI is InChI=1S/C21H22F2N2O3/c1-3-8-24-18-7-5-14(13(2)9-21(27)28)10-19(18)25-20(26)11-15-4-6-16(22)12-17(15)23/h4-7,9-10,12,24H,3,8,11H2,1-2H3,(H,25,26)(H,27,28)/b13-9+. The molecule has 0 bridgehead atoms. The van der Waals surface area contributed by atoms with Gasteiger partial charge in [-0.2, -0.15) is 0 Å². The van der Waals surface area contributed by atoms with Crippen molar-refractivity contribution < 1.29 is 23.5 Å². The van der Waals surface area contributed by atoms with Crippen LogP contribution < -0.4 is 10.6 Å². The van der Waals surface area contributed by atoms with Crippen molar-refractivity contribution in [3.05, 3.63) is 65.2 Å². The molecule has 0 aliphatic rings. The number of amides is 1. The van der Waals surface area contributed by atoms with Crippen molar-refractivity contribution in [1.29, 1.82) is 0 Å². The Kier molecular flexibility index (Phi) is 7.26. The Morgan fingerprint density at radius 3 is 2.50 bits per heavy atom. The number of anilines is 2. The van der Waals surface area contributed by atoms with Gasteiger partial charge in [0.05, 0.1) is 17.8 Å². The number of hydrogen-bond donors (Lipinski definition) is 3. The number of nitrogens with one attached hydrogen (secondary N) is 2. The summed E-state index contributed by atoms with van der Waals surface area (Å²) in [5.41, 5.74) is 2.36. The summed E-state index contributed by atoms with van der Waals surface area (Å²) in [6.45, 7) is 4.33. The van der Waals surface area contributed by atoms with Crippen LogP contribution in [0.25, 0.3) is 5.57 Å². The van der Waals surface area contributed by atoms with Gasteiger partial charge in [-0.1, -0.05) is 19.1 Å². The molecule has 7 heteroatoms. The number of carbonyl (C=O) groups excluding carboxylic acids is 1. The first-order valence-electron chi connectivity index (χ1n) is 8.83. The largest absolute Gasteiger partial charge is 0.478 e. The number of carboxylic acid groups (broad SMARTS) is 1. The van der Waals surface area contributed by atoms with Crippen LogP contribution in [-0.4, -0.2) is 23.5 Å². The average Bonchev–Trinajstić information content (AvgIpc) is 2.62. The van der Waals surface area contributed by atoms with Crippen molar-refractivity contribution in [1.82, 2.24) is 0 Å². The van der Waals surface area contributed by atoms with Crippen molar-refractivity contribution in [2.45, 2.75) is 26.7 Å². The topological polar surface area (TPSA) is 78.4 Å². The van der Waals surface area contributed by atoms with Gasteiger partial charge in [0, 0.05) is 18.7 Å². The summed E-state index contributed by atoms with van der Waals surface area (Å²) in [7, 11) is 0. The van der Waals surface area contributed by atoms with Gasteiger partial charge in [-0.3, -0.25) is 4.79 Å². The highest BCUT2D eigenvalue weighted by molar-refractivity contribution is 5.97. The van der Waals surface area contributed by atoms with Gasteiger partial charge in [0.1, 0.15) is 11.6 Å². The van der Waals surface area contributed by atoms with E-state index in [1.807, 2.05) is 6.92 Å². The van der Waals surface area contributed by atoms with E-state index in [-0.39, 0.29) is 12.0 Å². The second-order valence-electron chi connectivity index (χ2n) is 6.31. The zero-order chi connectivity index (χ0) is 20.7. The lowest BCUT2D eigenvalue weighted by atomic mass is 10.0. The molecule has 0 aliphatic heterocycles. The van der Waals surface area contributed by atoms with Gasteiger partial charge in [-0.15, -0.1) is 0 Å². The molecule has 2 rings (SSSR count). The molecular formula is C21H22F2N2O3. The minimum Gasteiger partial charge on any atom is -0.478 e. The van der Waals surface area contributed by atoms with Gasteiger partial charge in [-0.25, -0.2) is 13.6 Å². The number of halogens is 2. The van der Waals surface area contributed by atoms with Crippen LogP contribution in [0.4, 0.5) is 20.2 Å². The molecule has 28 heavy (non-hydrogen) atoms. The van der Waals surface area contributed by atoms with Gasteiger partial charge in [-0.05, 0) is 48.2 Å². The Labute approximate surface area is 162 Å². The third-order valence-electron chi connectivity index (χ3n) is 4.02. The molecule has 5 nitrogen and oxygen atoms in total. The minimum atomic E-state index is -1.07. The smallest absolute Gasteiger partial charge is 0.328 e. The number of rotatable bonds is 8. The molecule has 0 heterocycles. The molecule has 0 radical (unpaired) electrons. The highest BCUT2D eigenvalue weighted by Crippen LogP contribution is 2.27. The van der Waals surface area contributed by atoms with E-state index in [0.29, 0.717) is 29.1 Å². The molecule has 0 fully saturated rings. The number of benzene rings is 2. The lowest BCUT2D eigenvalue weighted by Gasteiger charge is -2.15. The highest BCUT2D eigenvalue weighted by Gasteiger charge is 2.13. The number of carbonyl (C=O) groups is 2. The van der Waals surface area contributed by atoms with E-state index >= 15 is 0 Å². The summed E-state index contributed by atoms with van der Waals surface area (Å²) < 4.78 is 26.8. The van der Waals surface area contributed by atoms with Crippen molar-refractivity contribution in [3.8, 4) is 0 Å². The summed E-state index contributed by atoms with van der Waals surface area (Å²) in [4.78, 5) is 23.3. The number of allylic oxidation sites excluding steroid dienone is 1. The maximum Gasteiger partial charge on any atom is 0.328 e. The van der Waals surface area contributed by atoms with Crippen molar-refractivity contribution in [2.75, 3.05) is 17.2 Å². The Balaban J connectivity index is 2.26. The van der Waals surface area contributed by atoms with Crippen molar-refractivity contribution in [2.24, 2.45) is 0 Å². The summed E-state index contributed by atoms with van der Waals surface area (Å²) in [6.07, 6.45) is 1.69. The first-order chi connectivity index (χ1) is 13.3. The van der Waals surface area contributed by atoms with Gasteiger partial charge in [0.2, 0.25) is 5.91 Å². The van der Waals surface area contributed by atoms with Crippen molar-refractivity contribution >= 4 is 28.8 Å². The second kappa shape index (κ2) is 9.64. The lowest BCUT2D eigenvalue weighted by molar-refractivity contribution is -0.131. The maximum atomic E-state index is 13.8. The predicted molar refractivity (Wildman–Crippen MR) is 105 cm³/mol. The Bertz CT molecular complexity index is 911.